The third-order valence-electron chi connectivity index (χ3n) is 6.52. The minimum absolute atomic E-state index is 0.333. The van der Waals surface area contributed by atoms with Crippen molar-refractivity contribution >= 4 is 23.2 Å². The second-order valence-electron chi connectivity index (χ2n) is 9.06. The Balaban J connectivity index is 1.20. The molecule has 0 aliphatic carbocycles. The lowest BCUT2D eigenvalue weighted by atomic mass is 9.80. The maximum Gasteiger partial charge on any atom is 0.181 e. The Labute approximate surface area is 236 Å². The molecule has 2 heterocycles. The minimum Gasteiger partial charge on any atom is -0.444 e. The van der Waals surface area contributed by atoms with Gasteiger partial charge < -0.3 is 9.15 Å². The monoisotopic (exact) mass is 542 g/mol. The van der Waals surface area contributed by atoms with Gasteiger partial charge in [0.05, 0.1) is 30.4 Å². The zero-order valence-electron chi connectivity index (χ0n) is 21.6. The van der Waals surface area contributed by atoms with Gasteiger partial charge in [-0.25, -0.2) is 9.97 Å². The molecule has 0 spiro atoms. The van der Waals surface area contributed by atoms with E-state index in [1.807, 2.05) is 84.2 Å². The number of thiazole rings is 1. The zero-order chi connectivity index (χ0) is 27.0. The Morgan fingerprint density at radius 2 is 1.40 bits per heavy atom. The molecule has 6 rings (SSSR count). The molecular weight excluding hydrogens is 516 g/mol. The molecule has 6 aromatic rings. The largest absolute Gasteiger partial charge is 0.444 e. The number of hydrazone groups is 1. The molecule has 40 heavy (non-hydrogen) atoms. The van der Waals surface area contributed by atoms with Crippen LogP contribution in [0.25, 0.3) is 11.3 Å². The number of nitrogens with one attached hydrogen (secondary N) is 1. The summed E-state index contributed by atoms with van der Waals surface area (Å²) >= 11 is 1.52. The number of hydrogen-bond donors (Lipinski definition) is 1. The van der Waals surface area contributed by atoms with Gasteiger partial charge in [0.25, 0.3) is 0 Å². The molecule has 0 fully saturated rings. The van der Waals surface area contributed by atoms with Gasteiger partial charge in [0.15, 0.2) is 12.2 Å². The van der Waals surface area contributed by atoms with Crippen molar-refractivity contribution in [3.8, 4) is 11.3 Å². The van der Waals surface area contributed by atoms with Crippen molar-refractivity contribution in [2.24, 2.45) is 5.10 Å². The van der Waals surface area contributed by atoms with E-state index in [-0.39, 0.29) is 0 Å². The zero-order valence-corrected chi connectivity index (χ0v) is 22.4. The number of oxazole rings is 1. The van der Waals surface area contributed by atoms with E-state index < -0.39 is 5.60 Å². The first-order chi connectivity index (χ1) is 19.8. The first-order valence-corrected chi connectivity index (χ1v) is 13.7. The lowest BCUT2D eigenvalue weighted by molar-refractivity contribution is -0.00118. The highest BCUT2D eigenvalue weighted by Gasteiger charge is 2.37. The van der Waals surface area contributed by atoms with Crippen LogP contribution in [0.2, 0.25) is 0 Å². The fourth-order valence-corrected chi connectivity index (χ4v) is 5.29. The van der Waals surface area contributed by atoms with Gasteiger partial charge in [0.2, 0.25) is 0 Å². The van der Waals surface area contributed by atoms with E-state index in [0.29, 0.717) is 6.61 Å². The van der Waals surface area contributed by atoms with Crippen molar-refractivity contribution < 1.29 is 9.15 Å². The summed E-state index contributed by atoms with van der Waals surface area (Å²) in [5.74, 6) is 0.725. The van der Waals surface area contributed by atoms with Crippen molar-refractivity contribution in [2.75, 3.05) is 5.43 Å². The van der Waals surface area contributed by atoms with Crippen molar-refractivity contribution in [3.63, 3.8) is 0 Å². The van der Waals surface area contributed by atoms with E-state index >= 15 is 0 Å². The van der Waals surface area contributed by atoms with Crippen LogP contribution in [0.15, 0.2) is 143 Å². The molecule has 4 aromatic carbocycles. The van der Waals surface area contributed by atoms with Gasteiger partial charge >= 0.3 is 0 Å². The number of aromatic nitrogens is 2. The number of anilines is 1. The number of hydrogen-bond acceptors (Lipinski definition) is 7. The van der Waals surface area contributed by atoms with E-state index in [0.717, 1.165) is 44.4 Å². The average Bonchev–Trinajstić information content (AvgIpc) is 3.73. The standard InChI is InChI=1S/C33H26N4O2S/c1-4-10-26(11-5-1)33(27-12-6-2-7-13-27,28-14-8-3-9-15-28)39-22-30-23-40-32(36-30)21-35-37-29-18-16-25(17-19-29)31-20-34-24-38-31/h1-21,23-24,37H,22H2/b35-21+. The maximum absolute atomic E-state index is 6.87. The summed E-state index contributed by atoms with van der Waals surface area (Å²) in [6, 6.07) is 38.8. The van der Waals surface area contributed by atoms with Gasteiger partial charge in [-0.1, -0.05) is 91.0 Å². The Kier molecular flexibility index (Phi) is 7.57. The smallest absolute Gasteiger partial charge is 0.181 e. The predicted octanol–water partition coefficient (Wildman–Crippen LogP) is 7.75. The van der Waals surface area contributed by atoms with Crippen molar-refractivity contribution in [1.82, 2.24) is 9.97 Å². The molecule has 196 valence electrons. The molecule has 1 N–H and O–H groups in total. The Bertz CT molecular complexity index is 1550. The number of nitrogens with zero attached hydrogens (tertiary/aromatic N) is 3. The molecule has 0 aliphatic heterocycles. The van der Waals surface area contributed by atoms with Crippen LogP contribution in [0.3, 0.4) is 0 Å². The van der Waals surface area contributed by atoms with Crippen LogP contribution in [0.4, 0.5) is 5.69 Å². The van der Waals surface area contributed by atoms with Crippen molar-refractivity contribution in [1.29, 1.82) is 0 Å². The fourth-order valence-electron chi connectivity index (χ4n) is 4.63. The fraction of sp³-hybridized carbons (Fsp3) is 0.0606. The predicted molar refractivity (Wildman–Crippen MR) is 159 cm³/mol. The summed E-state index contributed by atoms with van der Waals surface area (Å²) in [7, 11) is 0. The topological polar surface area (TPSA) is 72.5 Å². The van der Waals surface area contributed by atoms with Gasteiger partial charge in [-0.15, -0.1) is 11.3 Å². The van der Waals surface area contributed by atoms with Gasteiger partial charge in [-0.05, 0) is 41.0 Å². The number of ether oxygens (including phenoxy) is 1. The molecule has 0 saturated heterocycles. The highest BCUT2D eigenvalue weighted by molar-refractivity contribution is 7.11. The Morgan fingerprint density at radius 3 is 1.95 bits per heavy atom. The van der Waals surface area contributed by atoms with Gasteiger partial charge in [-0.2, -0.15) is 5.10 Å². The van der Waals surface area contributed by atoms with Gasteiger partial charge in [0, 0.05) is 10.9 Å². The lowest BCUT2D eigenvalue weighted by Crippen LogP contribution is -2.32. The van der Waals surface area contributed by atoms with Crippen LogP contribution < -0.4 is 5.43 Å². The minimum atomic E-state index is -0.791. The first-order valence-electron chi connectivity index (χ1n) is 12.8. The molecule has 0 saturated carbocycles. The summed E-state index contributed by atoms with van der Waals surface area (Å²) in [6.07, 6.45) is 4.83. The Hall–Kier alpha value is -4.85. The second kappa shape index (κ2) is 11.9. The molecular formula is C33H26N4O2S. The van der Waals surface area contributed by atoms with Crippen molar-refractivity contribution in [3.05, 3.63) is 161 Å². The molecule has 0 unspecified atom stereocenters. The van der Waals surface area contributed by atoms with Crippen LogP contribution in [0, 0.1) is 0 Å². The highest BCUT2D eigenvalue weighted by atomic mass is 32.1. The average molecular weight is 543 g/mol. The number of rotatable bonds is 10. The molecule has 7 heteroatoms. The van der Waals surface area contributed by atoms with Crippen LogP contribution in [-0.4, -0.2) is 16.2 Å². The summed E-state index contributed by atoms with van der Waals surface area (Å²) in [4.78, 5) is 8.72. The molecule has 6 nitrogen and oxygen atoms in total. The normalized spacial score (nSPS) is 11.6. The lowest BCUT2D eigenvalue weighted by Gasteiger charge is -2.35. The van der Waals surface area contributed by atoms with Crippen LogP contribution in [0.1, 0.15) is 27.4 Å². The van der Waals surface area contributed by atoms with Crippen LogP contribution in [-0.2, 0) is 16.9 Å². The molecule has 0 atom stereocenters. The van der Waals surface area contributed by atoms with E-state index in [2.05, 4.69) is 51.9 Å². The summed E-state index contributed by atoms with van der Waals surface area (Å²) in [5, 5.41) is 7.16. The molecule has 0 radical (unpaired) electrons. The molecule has 0 aliphatic rings. The molecule has 2 aromatic heterocycles. The third kappa shape index (κ3) is 5.47. The SMILES string of the molecule is C(=N\Nc1ccc(-c2cnco2)cc1)/c1nc(COC(c2ccccc2)(c2ccccc2)c2ccccc2)cs1. The Morgan fingerprint density at radius 1 is 0.800 bits per heavy atom. The van der Waals surface area contributed by atoms with E-state index in [9.17, 15) is 0 Å². The van der Waals surface area contributed by atoms with Crippen LogP contribution >= 0.6 is 11.3 Å². The molecule has 0 amide bonds. The van der Waals surface area contributed by atoms with Gasteiger partial charge in [-0.3, -0.25) is 5.43 Å². The van der Waals surface area contributed by atoms with Crippen molar-refractivity contribution in [2.45, 2.75) is 12.2 Å². The third-order valence-corrected chi connectivity index (χ3v) is 7.35. The van der Waals surface area contributed by atoms with E-state index in [4.69, 9.17) is 14.1 Å². The second-order valence-corrected chi connectivity index (χ2v) is 9.95. The number of benzene rings is 4. The molecule has 0 bridgehead atoms. The maximum atomic E-state index is 6.87. The van der Waals surface area contributed by atoms with E-state index in [1.165, 1.54) is 17.7 Å². The quantitative estimate of drug-likeness (QED) is 0.109. The summed E-state index contributed by atoms with van der Waals surface area (Å²) in [5.41, 5.74) is 8.09. The van der Waals surface area contributed by atoms with Gasteiger partial charge in [0.1, 0.15) is 10.6 Å². The summed E-state index contributed by atoms with van der Waals surface area (Å²) < 4.78 is 12.2. The van der Waals surface area contributed by atoms with E-state index in [1.54, 1.807) is 12.4 Å². The first kappa shape index (κ1) is 25.4. The highest BCUT2D eigenvalue weighted by Crippen LogP contribution is 2.41. The summed E-state index contributed by atoms with van der Waals surface area (Å²) in [6.45, 7) is 0.333. The van der Waals surface area contributed by atoms with Crippen LogP contribution in [0.5, 0.6) is 0 Å².